The topological polar surface area (TPSA) is 50.4 Å². The number of ether oxygens (including phenoxy) is 1. The largest absolute Gasteiger partial charge is 0.489 e. The highest BCUT2D eigenvalue weighted by Crippen LogP contribution is 2.39. The van der Waals surface area contributed by atoms with Gasteiger partial charge in [-0.15, -0.1) is 0 Å². The number of para-hydroxylation sites is 1. The summed E-state index contributed by atoms with van der Waals surface area (Å²) in [5, 5.41) is 6.46. The summed E-state index contributed by atoms with van der Waals surface area (Å²) in [6.07, 6.45) is 1.71. The molecule has 0 radical (unpaired) electrons. The number of benzene rings is 1. The summed E-state index contributed by atoms with van der Waals surface area (Å²) in [5.74, 6) is 0.801. The van der Waals surface area contributed by atoms with E-state index in [0.717, 1.165) is 30.0 Å². The summed E-state index contributed by atoms with van der Waals surface area (Å²) in [5.41, 5.74) is 1.34. The zero-order valence-corrected chi connectivity index (χ0v) is 12.7. The number of rotatable bonds is 4. The van der Waals surface area contributed by atoms with Gasteiger partial charge < -0.3 is 15.4 Å². The molecule has 0 saturated carbocycles. The van der Waals surface area contributed by atoms with E-state index in [1.165, 1.54) is 0 Å². The number of anilines is 2. The molecule has 1 aliphatic rings. The van der Waals surface area contributed by atoms with Crippen LogP contribution in [0.5, 0.6) is 5.75 Å². The van der Waals surface area contributed by atoms with E-state index in [1.807, 2.05) is 32.0 Å². The van der Waals surface area contributed by atoms with Crippen LogP contribution in [0.15, 0.2) is 18.2 Å². The Balaban J connectivity index is 2.38. The van der Waals surface area contributed by atoms with Gasteiger partial charge in [0.1, 0.15) is 11.4 Å². The Morgan fingerprint density at radius 3 is 2.60 bits per heavy atom. The summed E-state index contributed by atoms with van der Waals surface area (Å²) < 4.78 is 5.80. The molecule has 1 heterocycles. The minimum Gasteiger partial charge on any atom is -0.489 e. The number of amides is 1. The van der Waals surface area contributed by atoms with E-state index < -0.39 is 0 Å². The van der Waals surface area contributed by atoms with Gasteiger partial charge in [-0.3, -0.25) is 4.79 Å². The zero-order chi connectivity index (χ0) is 14.8. The first-order valence-corrected chi connectivity index (χ1v) is 7.37. The van der Waals surface area contributed by atoms with Gasteiger partial charge in [0, 0.05) is 6.54 Å². The third-order valence-corrected chi connectivity index (χ3v) is 4.08. The Morgan fingerprint density at radius 1 is 1.30 bits per heavy atom. The molecule has 2 rings (SSSR count). The molecule has 20 heavy (non-hydrogen) atoms. The summed E-state index contributed by atoms with van der Waals surface area (Å²) in [4.78, 5) is 12.6. The van der Waals surface area contributed by atoms with Crippen molar-refractivity contribution in [1.29, 1.82) is 0 Å². The zero-order valence-electron chi connectivity index (χ0n) is 12.7. The molecule has 0 aromatic heterocycles. The first-order chi connectivity index (χ1) is 9.52. The van der Waals surface area contributed by atoms with Gasteiger partial charge in [0.25, 0.3) is 0 Å². The van der Waals surface area contributed by atoms with Crippen molar-refractivity contribution in [3.63, 3.8) is 0 Å². The lowest BCUT2D eigenvalue weighted by atomic mass is 9.81. The summed E-state index contributed by atoms with van der Waals surface area (Å²) in [6, 6.07) is 5.82. The van der Waals surface area contributed by atoms with Crippen molar-refractivity contribution in [1.82, 2.24) is 0 Å². The maximum absolute atomic E-state index is 12.6. The van der Waals surface area contributed by atoms with Gasteiger partial charge in [0.15, 0.2) is 0 Å². The van der Waals surface area contributed by atoms with Crippen LogP contribution in [0.4, 0.5) is 11.4 Å². The molecule has 1 aliphatic heterocycles. The summed E-state index contributed by atoms with van der Waals surface area (Å²) in [7, 11) is 0. The molecule has 0 spiro atoms. The second kappa shape index (κ2) is 5.73. The molecular weight excluding hydrogens is 252 g/mol. The van der Waals surface area contributed by atoms with Gasteiger partial charge in [-0.2, -0.15) is 0 Å². The number of fused-ring (bicyclic) bond motifs is 1. The second-order valence-electron chi connectivity index (χ2n) is 5.64. The molecule has 110 valence electrons. The molecule has 1 amide bonds. The number of nitrogens with one attached hydrogen (secondary N) is 2. The van der Waals surface area contributed by atoms with E-state index >= 15 is 0 Å². The third-order valence-electron chi connectivity index (χ3n) is 4.08. The molecule has 1 aromatic rings. The Hall–Kier alpha value is -1.71. The average molecular weight is 276 g/mol. The van der Waals surface area contributed by atoms with E-state index in [-0.39, 0.29) is 17.4 Å². The summed E-state index contributed by atoms with van der Waals surface area (Å²) in [6.45, 7) is 8.74. The molecule has 0 bridgehead atoms. The van der Waals surface area contributed by atoms with Crippen LogP contribution in [0.1, 0.15) is 40.5 Å². The van der Waals surface area contributed by atoms with E-state index in [2.05, 4.69) is 24.5 Å². The Labute approximate surface area is 120 Å². The quantitative estimate of drug-likeness (QED) is 0.882. The molecule has 4 nitrogen and oxygen atoms in total. The van der Waals surface area contributed by atoms with E-state index in [4.69, 9.17) is 4.74 Å². The molecule has 0 fully saturated rings. The van der Waals surface area contributed by atoms with Crippen LogP contribution in [0.2, 0.25) is 0 Å². The number of carbonyl (C=O) groups excluding carboxylic acids is 1. The van der Waals surface area contributed by atoms with Gasteiger partial charge in [0.2, 0.25) is 5.91 Å². The maximum atomic E-state index is 12.6. The molecule has 2 N–H and O–H groups in total. The lowest BCUT2D eigenvalue weighted by Crippen LogP contribution is -2.39. The summed E-state index contributed by atoms with van der Waals surface area (Å²) >= 11 is 0. The Bertz CT molecular complexity index is 493. The van der Waals surface area contributed by atoms with Crippen LogP contribution >= 0.6 is 0 Å². The normalized spacial score (nSPS) is 16.9. The van der Waals surface area contributed by atoms with E-state index in [0.29, 0.717) is 6.54 Å². The third kappa shape index (κ3) is 2.60. The molecule has 1 aromatic carbocycles. The van der Waals surface area contributed by atoms with E-state index in [9.17, 15) is 4.79 Å². The second-order valence-corrected chi connectivity index (χ2v) is 5.64. The number of carbonyl (C=O) groups is 1. The van der Waals surface area contributed by atoms with Crippen LogP contribution in [0.3, 0.4) is 0 Å². The lowest BCUT2D eigenvalue weighted by Gasteiger charge is -2.27. The van der Waals surface area contributed by atoms with Crippen LogP contribution < -0.4 is 15.4 Å². The van der Waals surface area contributed by atoms with Gasteiger partial charge in [-0.05, 0) is 38.8 Å². The molecule has 0 unspecified atom stereocenters. The van der Waals surface area contributed by atoms with Crippen LogP contribution in [-0.4, -0.2) is 18.6 Å². The fraction of sp³-hybridized carbons (Fsp3) is 0.562. The molecule has 4 heteroatoms. The fourth-order valence-electron chi connectivity index (χ4n) is 2.57. The van der Waals surface area contributed by atoms with Gasteiger partial charge in [-0.1, -0.05) is 19.9 Å². The predicted molar refractivity (Wildman–Crippen MR) is 82.3 cm³/mol. The number of hydrogen-bond acceptors (Lipinski definition) is 3. The van der Waals surface area contributed by atoms with E-state index in [1.54, 1.807) is 0 Å². The SMILES string of the molecule is CCC1(CC)CNc2cccc(OC(C)C)c2NC1=O. The Kier molecular flexibility index (Phi) is 4.21. The van der Waals surface area contributed by atoms with Gasteiger partial charge >= 0.3 is 0 Å². The average Bonchev–Trinajstić information content (AvgIpc) is 2.56. The first kappa shape index (κ1) is 14.7. The minimum absolute atomic E-state index is 0.0729. The maximum Gasteiger partial charge on any atom is 0.232 e. The minimum atomic E-state index is -0.353. The van der Waals surface area contributed by atoms with Crippen molar-refractivity contribution >= 4 is 17.3 Å². The highest BCUT2D eigenvalue weighted by molar-refractivity contribution is 6.01. The molecule has 0 atom stereocenters. The van der Waals surface area contributed by atoms with Crippen molar-refractivity contribution in [2.45, 2.75) is 46.6 Å². The fourth-order valence-corrected chi connectivity index (χ4v) is 2.57. The van der Waals surface area contributed by atoms with Crippen LogP contribution in [-0.2, 0) is 4.79 Å². The lowest BCUT2D eigenvalue weighted by molar-refractivity contribution is -0.125. The Morgan fingerprint density at radius 2 is 2.00 bits per heavy atom. The van der Waals surface area contributed by atoms with Gasteiger partial charge in [-0.25, -0.2) is 0 Å². The van der Waals surface area contributed by atoms with Crippen molar-refractivity contribution in [2.24, 2.45) is 5.41 Å². The predicted octanol–water partition coefficient (Wildman–Crippen LogP) is 3.64. The first-order valence-electron chi connectivity index (χ1n) is 7.37. The van der Waals surface area contributed by atoms with Crippen molar-refractivity contribution in [3.8, 4) is 5.75 Å². The monoisotopic (exact) mass is 276 g/mol. The van der Waals surface area contributed by atoms with Gasteiger partial charge in [0.05, 0.1) is 17.2 Å². The highest BCUT2D eigenvalue weighted by atomic mass is 16.5. The molecule has 0 saturated heterocycles. The number of hydrogen-bond donors (Lipinski definition) is 2. The van der Waals surface area contributed by atoms with Crippen molar-refractivity contribution < 1.29 is 9.53 Å². The molecule has 0 aliphatic carbocycles. The standard InChI is InChI=1S/C16H24N2O2/c1-5-16(6-2)10-17-12-8-7-9-13(20-11(3)4)14(12)18-15(16)19/h7-9,11,17H,5-6,10H2,1-4H3,(H,18,19). The molecular formula is C16H24N2O2. The van der Waals surface area contributed by atoms with Crippen molar-refractivity contribution in [3.05, 3.63) is 18.2 Å². The smallest absolute Gasteiger partial charge is 0.232 e. The van der Waals surface area contributed by atoms with Crippen molar-refractivity contribution in [2.75, 3.05) is 17.2 Å². The highest BCUT2D eigenvalue weighted by Gasteiger charge is 2.37. The van der Waals surface area contributed by atoms with Crippen LogP contribution in [0.25, 0.3) is 0 Å². The van der Waals surface area contributed by atoms with Crippen LogP contribution in [0, 0.1) is 5.41 Å².